The molecule has 3 aromatic rings. The zero-order chi connectivity index (χ0) is 22.6. The van der Waals surface area contributed by atoms with Crippen LogP contribution < -0.4 is 4.72 Å². The van der Waals surface area contributed by atoms with E-state index in [1.54, 1.807) is 18.2 Å². The summed E-state index contributed by atoms with van der Waals surface area (Å²) in [7, 11) is -3.80. The number of carbonyl (C=O) groups excluding carboxylic acids is 1. The summed E-state index contributed by atoms with van der Waals surface area (Å²) in [6, 6.07) is 17.5. The molecule has 1 unspecified atom stereocenters. The number of nitrogens with zero attached hydrogens (tertiary/aromatic N) is 2. The minimum Gasteiger partial charge on any atom is -0.385 e. The van der Waals surface area contributed by atoms with Gasteiger partial charge in [-0.3, -0.25) is 9.52 Å². The van der Waals surface area contributed by atoms with E-state index in [1.807, 2.05) is 30.3 Å². The van der Waals surface area contributed by atoms with E-state index in [2.05, 4.69) is 9.71 Å². The van der Waals surface area contributed by atoms with E-state index >= 15 is 0 Å². The summed E-state index contributed by atoms with van der Waals surface area (Å²) in [4.78, 5) is 18.9. The van der Waals surface area contributed by atoms with Crippen LogP contribution in [0.5, 0.6) is 0 Å². The maximum Gasteiger partial charge on any atom is 0.273 e. The molecule has 0 radical (unpaired) electrons. The van der Waals surface area contributed by atoms with Crippen molar-refractivity contribution in [2.75, 3.05) is 31.0 Å². The number of carbonyl (C=O) groups is 1. The quantitative estimate of drug-likeness (QED) is 0.569. The molecule has 0 aliphatic carbocycles. The molecule has 2 N–H and O–H groups in total. The Hall–Kier alpha value is -2.79. The van der Waals surface area contributed by atoms with Crippen LogP contribution in [0.15, 0.2) is 70.9 Å². The van der Waals surface area contributed by atoms with Gasteiger partial charge < -0.3 is 14.7 Å². The van der Waals surface area contributed by atoms with E-state index in [0.29, 0.717) is 19.6 Å². The van der Waals surface area contributed by atoms with Gasteiger partial charge in [0.1, 0.15) is 11.3 Å². The molecule has 1 saturated heterocycles. The molecule has 32 heavy (non-hydrogen) atoms. The van der Waals surface area contributed by atoms with Crippen molar-refractivity contribution in [3.05, 3.63) is 77.3 Å². The molecule has 2 heterocycles. The largest absolute Gasteiger partial charge is 0.385 e. The van der Waals surface area contributed by atoms with Crippen molar-refractivity contribution in [2.24, 2.45) is 0 Å². The first kappa shape index (κ1) is 22.4. The Labute approximate surface area is 190 Å². The van der Waals surface area contributed by atoms with Gasteiger partial charge in [-0.1, -0.05) is 48.5 Å². The van der Waals surface area contributed by atoms with Crippen molar-refractivity contribution < 1.29 is 23.1 Å². The van der Waals surface area contributed by atoms with Crippen LogP contribution in [0.4, 0.5) is 5.13 Å². The average molecular weight is 474 g/mol. The Morgan fingerprint density at radius 2 is 1.84 bits per heavy atom. The monoisotopic (exact) mass is 473 g/mol. The van der Waals surface area contributed by atoms with Crippen LogP contribution in [-0.4, -0.2) is 61.2 Å². The molecule has 4 rings (SSSR count). The van der Waals surface area contributed by atoms with Crippen LogP contribution >= 0.6 is 11.3 Å². The number of rotatable bonds is 6. The number of hydrogen-bond acceptors (Lipinski definition) is 7. The number of aliphatic hydroxyl groups is 1. The van der Waals surface area contributed by atoms with E-state index < -0.39 is 15.6 Å². The van der Waals surface area contributed by atoms with Gasteiger partial charge in [0.15, 0.2) is 5.13 Å². The zero-order valence-electron chi connectivity index (χ0n) is 17.2. The van der Waals surface area contributed by atoms with Gasteiger partial charge in [0, 0.05) is 18.3 Å². The standard InChI is InChI=1S/C22H23N3O5S2/c26-20(19-14-31-21(23-19)24-32(28,29)18-9-5-2-6-10-18)25-11-12-30-16-22(27,15-25)13-17-7-3-1-4-8-17/h1-10,14,27H,11-13,15-16H2,(H,23,24). The van der Waals surface area contributed by atoms with Crippen LogP contribution in [0.1, 0.15) is 16.1 Å². The van der Waals surface area contributed by atoms with Gasteiger partial charge in [-0.05, 0) is 17.7 Å². The summed E-state index contributed by atoms with van der Waals surface area (Å²) in [6.07, 6.45) is 0.344. The molecule has 1 aliphatic rings. The molecule has 1 fully saturated rings. The number of hydrogen-bond donors (Lipinski definition) is 2. The summed E-state index contributed by atoms with van der Waals surface area (Å²) in [5, 5.41) is 12.7. The Bertz CT molecular complexity index is 1170. The van der Waals surface area contributed by atoms with Crippen LogP contribution in [0, 0.1) is 0 Å². The minimum atomic E-state index is -3.80. The Morgan fingerprint density at radius 1 is 1.16 bits per heavy atom. The second kappa shape index (κ2) is 9.37. The topological polar surface area (TPSA) is 109 Å². The van der Waals surface area contributed by atoms with Crippen LogP contribution in [-0.2, 0) is 21.2 Å². The molecule has 0 saturated carbocycles. The van der Waals surface area contributed by atoms with Crippen molar-refractivity contribution >= 4 is 32.4 Å². The van der Waals surface area contributed by atoms with Crippen molar-refractivity contribution in [3.8, 4) is 0 Å². The molecule has 8 nitrogen and oxygen atoms in total. The van der Waals surface area contributed by atoms with Gasteiger partial charge in [-0.2, -0.15) is 0 Å². The summed E-state index contributed by atoms with van der Waals surface area (Å²) in [5.74, 6) is -0.386. The number of anilines is 1. The third-order valence-electron chi connectivity index (χ3n) is 5.02. The number of aromatic nitrogens is 1. The molecular formula is C22H23N3O5S2. The summed E-state index contributed by atoms with van der Waals surface area (Å²) in [5.41, 5.74) is -0.176. The number of thiazole rings is 1. The van der Waals surface area contributed by atoms with Crippen molar-refractivity contribution in [2.45, 2.75) is 16.9 Å². The fraction of sp³-hybridized carbons (Fsp3) is 0.273. The zero-order valence-corrected chi connectivity index (χ0v) is 18.8. The van der Waals surface area contributed by atoms with Gasteiger partial charge in [0.25, 0.3) is 15.9 Å². The fourth-order valence-corrected chi connectivity index (χ4v) is 5.49. The molecule has 0 spiro atoms. The number of β-amino-alcohol motifs (C(OH)–C–C–N with tert-alkyl or cyclic N) is 1. The highest BCUT2D eigenvalue weighted by Gasteiger charge is 2.35. The smallest absolute Gasteiger partial charge is 0.273 e. The molecule has 0 bridgehead atoms. The maximum atomic E-state index is 13.1. The Kier molecular flexibility index (Phi) is 6.56. The third-order valence-corrected chi connectivity index (χ3v) is 7.26. The summed E-state index contributed by atoms with van der Waals surface area (Å²) >= 11 is 1.03. The molecule has 2 aromatic carbocycles. The van der Waals surface area contributed by atoms with Crippen molar-refractivity contribution in [3.63, 3.8) is 0 Å². The van der Waals surface area contributed by atoms with Gasteiger partial charge in [-0.25, -0.2) is 13.4 Å². The number of amides is 1. The highest BCUT2D eigenvalue weighted by molar-refractivity contribution is 7.93. The van der Waals surface area contributed by atoms with Gasteiger partial charge in [0.2, 0.25) is 0 Å². The lowest BCUT2D eigenvalue weighted by Crippen LogP contribution is -2.48. The average Bonchev–Trinajstić information content (AvgIpc) is 3.15. The van der Waals surface area contributed by atoms with E-state index in [4.69, 9.17) is 4.74 Å². The molecular weight excluding hydrogens is 450 g/mol. The second-order valence-electron chi connectivity index (χ2n) is 7.62. The number of benzene rings is 2. The van der Waals surface area contributed by atoms with E-state index in [-0.39, 0.29) is 34.8 Å². The van der Waals surface area contributed by atoms with E-state index in [9.17, 15) is 18.3 Å². The number of sulfonamides is 1. The summed E-state index contributed by atoms with van der Waals surface area (Å²) in [6.45, 7) is 0.799. The molecule has 1 aliphatic heterocycles. The predicted octanol–water partition coefficient (Wildman–Crippen LogP) is 2.39. The number of ether oxygens (including phenoxy) is 1. The fourth-order valence-electron chi connectivity index (χ4n) is 3.53. The maximum absolute atomic E-state index is 13.1. The van der Waals surface area contributed by atoms with Crippen LogP contribution in [0.2, 0.25) is 0 Å². The lowest BCUT2D eigenvalue weighted by molar-refractivity contribution is -0.0343. The first-order chi connectivity index (χ1) is 15.3. The predicted molar refractivity (Wildman–Crippen MR) is 121 cm³/mol. The minimum absolute atomic E-state index is 0.0866. The van der Waals surface area contributed by atoms with Crippen LogP contribution in [0.25, 0.3) is 0 Å². The highest BCUT2D eigenvalue weighted by Crippen LogP contribution is 2.23. The first-order valence-corrected chi connectivity index (χ1v) is 12.4. The molecule has 1 aromatic heterocycles. The van der Waals surface area contributed by atoms with Crippen LogP contribution in [0.3, 0.4) is 0 Å². The summed E-state index contributed by atoms with van der Waals surface area (Å²) < 4.78 is 33.0. The van der Waals surface area contributed by atoms with E-state index in [0.717, 1.165) is 16.9 Å². The third kappa shape index (κ3) is 5.33. The Balaban J connectivity index is 1.47. The molecule has 168 valence electrons. The van der Waals surface area contributed by atoms with E-state index in [1.165, 1.54) is 22.4 Å². The lowest BCUT2D eigenvalue weighted by atomic mass is 9.94. The SMILES string of the molecule is O=C(c1csc(NS(=O)(=O)c2ccccc2)n1)N1CCOCC(O)(Cc2ccccc2)C1. The Morgan fingerprint density at radius 3 is 2.56 bits per heavy atom. The van der Waals surface area contributed by atoms with Gasteiger partial charge >= 0.3 is 0 Å². The molecule has 1 atom stereocenters. The second-order valence-corrected chi connectivity index (χ2v) is 10.2. The number of nitrogens with one attached hydrogen (secondary N) is 1. The molecule has 10 heteroatoms. The lowest BCUT2D eigenvalue weighted by Gasteiger charge is -2.30. The first-order valence-electron chi connectivity index (χ1n) is 10.0. The van der Waals surface area contributed by atoms with Crippen molar-refractivity contribution in [1.29, 1.82) is 0 Å². The normalized spacial score (nSPS) is 19.3. The van der Waals surface area contributed by atoms with Gasteiger partial charge in [0.05, 0.1) is 24.7 Å². The van der Waals surface area contributed by atoms with Crippen molar-refractivity contribution in [1.82, 2.24) is 9.88 Å². The van der Waals surface area contributed by atoms with Gasteiger partial charge in [-0.15, -0.1) is 11.3 Å². The molecule has 1 amide bonds. The highest BCUT2D eigenvalue weighted by atomic mass is 32.2.